The maximum atomic E-state index is 12.7. The lowest BCUT2D eigenvalue weighted by atomic mass is 10.2. The van der Waals surface area contributed by atoms with E-state index in [4.69, 9.17) is 9.47 Å². The van der Waals surface area contributed by atoms with Gasteiger partial charge in [0.25, 0.3) is 5.91 Å². The molecule has 1 saturated heterocycles. The van der Waals surface area contributed by atoms with Crippen molar-refractivity contribution in [3.8, 4) is 5.75 Å². The Hall–Kier alpha value is -2.42. The van der Waals surface area contributed by atoms with Gasteiger partial charge in [0.15, 0.2) is 0 Å². The molecule has 7 nitrogen and oxygen atoms in total. The van der Waals surface area contributed by atoms with E-state index in [9.17, 15) is 13.2 Å². The number of hydrogen-bond donors (Lipinski definition) is 1. The van der Waals surface area contributed by atoms with Crippen molar-refractivity contribution in [3.05, 3.63) is 54.1 Å². The number of para-hydroxylation sites is 1. The van der Waals surface area contributed by atoms with E-state index in [1.165, 1.54) is 23.5 Å². The van der Waals surface area contributed by atoms with Crippen LogP contribution in [0.4, 0.5) is 5.69 Å². The molecule has 2 aromatic rings. The van der Waals surface area contributed by atoms with Crippen LogP contribution in [0.3, 0.4) is 0 Å². The zero-order valence-corrected chi connectivity index (χ0v) is 15.2. The number of amides is 1. The zero-order chi connectivity index (χ0) is 18.6. The average Bonchev–Trinajstić information content (AvgIpc) is 2.68. The van der Waals surface area contributed by atoms with Crippen LogP contribution in [0.2, 0.25) is 0 Å². The first-order chi connectivity index (χ1) is 12.5. The number of morpholine rings is 1. The summed E-state index contributed by atoms with van der Waals surface area (Å²) in [5.74, 6) is 0.0745. The summed E-state index contributed by atoms with van der Waals surface area (Å²) in [5.41, 5.74) is 0.770. The molecule has 0 aromatic heterocycles. The van der Waals surface area contributed by atoms with Crippen LogP contribution in [-0.4, -0.2) is 52.0 Å². The second kappa shape index (κ2) is 7.86. The molecule has 0 spiro atoms. The Morgan fingerprint density at radius 3 is 2.58 bits per heavy atom. The molecule has 3 rings (SSSR count). The molecule has 8 heteroatoms. The minimum absolute atomic E-state index is 0.136. The van der Waals surface area contributed by atoms with Crippen molar-refractivity contribution in [1.29, 1.82) is 0 Å². The number of anilines is 1. The van der Waals surface area contributed by atoms with E-state index in [1.54, 1.807) is 36.4 Å². The van der Waals surface area contributed by atoms with Gasteiger partial charge in [-0.2, -0.15) is 4.31 Å². The molecule has 0 unspecified atom stereocenters. The summed E-state index contributed by atoms with van der Waals surface area (Å²) < 4.78 is 37.2. The molecule has 26 heavy (non-hydrogen) atoms. The second-order valence-corrected chi connectivity index (χ2v) is 7.64. The van der Waals surface area contributed by atoms with Gasteiger partial charge in [-0.1, -0.05) is 18.2 Å². The van der Waals surface area contributed by atoms with Gasteiger partial charge in [-0.05, 0) is 30.3 Å². The quantitative estimate of drug-likeness (QED) is 0.862. The maximum Gasteiger partial charge on any atom is 0.259 e. The normalized spacial score (nSPS) is 15.4. The Kier molecular flexibility index (Phi) is 5.55. The van der Waals surface area contributed by atoms with Crippen LogP contribution in [0, 0.1) is 0 Å². The molecular formula is C18H20N2O5S. The molecule has 1 amide bonds. The standard InChI is InChI=1S/C18H20N2O5S/c1-24-17-8-3-2-7-16(17)18(21)19-14-5-4-6-15(13-14)26(22,23)20-9-11-25-12-10-20/h2-8,13H,9-12H2,1H3,(H,19,21). The van der Waals surface area contributed by atoms with Crippen LogP contribution in [0.15, 0.2) is 53.4 Å². The molecule has 1 fully saturated rings. The number of ether oxygens (including phenoxy) is 2. The molecule has 1 aliphatic rings. The Morgan fingerprint density at radius 1 is 1.12 bits per heavy atom. The van der Waals surface area contributed by atoms with E-state index in [-0.39, 0.29) is 10.8 Å². The molecule has 2 aromatic carbocycles. The number of sulfonamides is 1. The number of benzene rings is 2. The number of carbonyl (C=O) groups is 1. The van der Waals surface area contributed by atoms with E-state index in [0.717, 1.165) is 0 Å². The third-order valence-electron chi connectivity index (χ3n) is 4.05. The minimum Gasteiger partial charge on any atom is -0.496 e. The van der Waals surface area contributed by atoms with E-state index in [1.807, 2.05) is 0 Å². The summed E-state index contributed by atoms with van der Waals surface area (Å²) in [6, 6.07) is 13.1. The van der Waals surface area contributed by atoms with Gasteiger partial charge in [-0.25, -0.2) is 8.42 Å². The van der Waals surface area contributed by atoms with Crippen molar-refractivity contribution in [3.63, 3.8) is 0 Å². The molecule has 1 heterocycles. The van der Waals surface area contributed by atoms with Crippen LogP contribution in [0.1, 0.15) is 10.4 Å². The third kappa shape index (κ3) is 3.87. The molecule has 138 valence electrons. The van der Waals surface area contributed by atoms with E-state index >= 15 is 0 Å². The van der Waals surface area contributed by atoms with Gasteiger partial charge in [-0.15, -0.1) is 0 Å². The predicted molar refractivity (Wildman–Crippen MR) is 97.0 cm³/mol. The van der Waals surface area contributed by atoms with E-state index in [0.29, 0.717) is 43.3 Å². The number of nitrogens with zero attached hydrogens (tertiary/aromatic N) is 1. The van der Waals surface area contributed by atoms with Crippen LogP contribution in [0.25, 0.3) is 0 Å². The summed E-state index contributed by atoms with van der Waals surface area (Å²) in [6.07, 6.45) is 0. The largest absolute Gasteiger partial charge is 0.496 e. The molecule has 0 saturated carbocycles. The first-order valence-electron chi connectivity index (χ1n) is 8.15. The Bertz CT molecular complexity index is 892. The lowest BCUT2D eigenvalue weighted by Gasteiger charge is -2.26. The zero-order valence-electron chi connectivity index (χ0n) is 14.3. The number of nitrogens with one attached hydrogen (secondary N) is 1. The number of rotatable bonds is 5. The third-order valence-corrected chi connectivity index (χ3v) is 5.95. The number of methoxy groups -OCH3 is 1. The van der Waals surface area contributed by atoms with Gasteiger partial charge >= 0.3 is 0 Å². The summed E-state index contributed by atoms with van der Waals surface area (Å²) >= 11 is 0. The predicted octanol–water partition coefficient (Wildman–Crippen LogP) is 1.97. The smallest absolute Gasteiger partial charge is 0.259 e. The van der Waals surface area contributed by atoms with Crippen molar-refractivity contribution in [2.24, 2.45) is 0 Å². The van der Waals surface area contributed by atoms with E-state index in [2.05, 4.69) is 5.32 Å². The number of hydrogen-bond acceptors (Lipinski definition) is 5. The summed E-state index contributed by atoms with van der Waals surface area (Å²) in [5, 5.41) is 2.72. The SMILES string of the molecule is COc1ccccc1C(=O)Nc1cccc(S(=O)(=O)N2CCOCC2)c1. The lowest BCUT2D eigenvalue weighted by Crippen LogP contribution is -2.40. The molecule has 0 atom stereocenters. The molecule has 0 radical (unpaired) electrons. The molecule has 1 aliphatic heterocycles. The topological polar surface area (TPSA) is 84.9 Å². The molecular weight excluding hydrogens is 356 g/mol. The lowest BCUT2D eigenvalue weighted by molar-refractivity contribution is 0.0730. The van der Waals surface area contributed by atoms with Crippen molar-refractivity contribution < 1.29 is 22.7 Å². The number of carbonyl (C=O) groups excluding carboxylic acids is 1. The van der Waals surface area contributed by atoms with Crippen LogP contribution in [0.5, 0.6) is 5.75 Å². The van der Waals surface area contributed by atoms with Crippen LogP contribution >= 0.6 is 0 Å². The summed E-state index contributed by atoms with van der Waals surface area (Å²) in [4.78, 5) is 12.6. The monoisotopic (exact) mass is 376 g/mol. The first kappa shape index (κ1) is 18.4. The van der Waals surface area contributed by atoms with Gasteiger partial charge in [0.05, 0.1) is 30.8 Å². The Labute approximate surface area is 152 Å². The Balaban J connectivity index is 1.82. The van der Waals surface area contributed by atoms with Crippen molar-refractivity contribution in [2.75, 3.05) is 38.7 Å². The van der Waals surface area contributed by atoms with Gasteiger partial charge in [0, 0.05) is 18.8 Å². The van der Waals surface area contributed by atoms with Gasteiger partial charge in [0.2, 0.25) is 10.0 Å². The molecule has 0 bridgehead atoms. The molecule has 0 aliphatic carbocycles. The van der Waals surface area contributed by atoms with Crippen molar-refractivity contribution in [2.45, 2.75) is 4.90 Å². The van der Waals surface area contributed by atoms with Crippen LogP contribution in [-0.2, 0) is 14.8 Å². The Morgan fingerprint density at radius 2 is 1.85 bits per heavy atom. The highest BCUT2D eigenvalue weighted by molar-refractivity contribution is 7.89. The van der Waals surface area contributed by atoms with Gasteiger partial charge < -0.3 is 14.8 Å². The van der Waals surface area contributed by atoms with Gasteiger partial charge in [-0.3, -0.25) is 4.79 Å². The minimum atomic E-state index is -3.62. The fraction of sp³-hybridized carbons (Fsp3) is 0.278. The average molecular weight is 376 g/mol. The summed E-state index contributed by atoms with van der Waals surface area (Å²) in [7, 11) is -2.13. The maximum absolute atomic E-state index is 12.7. The van der Waals surface area contributed by atoms with E-state index < -0.39 is 10.0 Å². The second-order valence-electron chi connectivity index (χ2n) is 5.70. The summed E-state index contributed by atoms with van der Waals surface area (Å²) in [6.45, 7) is 1.40. The highest BCUT2D eigenvalue weighted by Gasteiger charge is 2.26. The van der Waals surface area contributed by atoms with Gasteiger partial charge in [0.1, 0.15) is 5.75 Å². The molecule has 1 N–H and O–H groups in total. The fourth-order valence-electron chi connectivity index (χ4n) is 2.70. The highest BCUT2D eigenvalue weighted by Crippen LogP contribution is 2.23. The fourth-order valence-corrected chi connectivity index (χ4v) is 4.16. The van der Waals surface area contributed by atoms with Crippen LogP contribution < -0.4 is 10.1 Å². The highest BCUT2D eigenvalue weighted by atomic mass is 32.2. The van der Waals surface area contributed by atoms with Crippen molar-refractivity contribution in [1.82, 2.24) is 4.31 Å². The van der Waals surface area contributed by atoms with Crippen molar-refractivity contribution >= 4 is 21.6 Å². The first-order valence-corrected chi connectivity index (χ1v) is 9.59.